The number of rotatable bonds is 4. The van der Waals surface area contributed by atoms with E-state index in [1.54, 1.807) is 19.1 Å². The minimum Gasteiger partial charge on any atom is -0.431 e. The molecule has 1 aromatic heterocycles. The van der Waals surface area contributed by atoms with Crippen molar-refractivity contribution in [3.05, 3.63) is 50.4 Å². The van der Waals surface area contributed by atoms with Gasteiger partial charge in [0.15, 0.2) is 0 Å². The fourth-order valence-corrected chi connectivity index (χ4v) is 1.91. The predicted molar refractivity (Wildman–Crippen MR) is 79.1 cm³/mol. The lowest BCUT2D eigenvalue weighted by atomic mass is 10.2. The third kappa shape index (κ3) is 3.28. The molecule has 0 aliphatic carbocycles. The van der Waals surface area contributed by atoms with Crippen LogP contribution in [-0.2, 0) is 6.42 Å². The Bertz CT molecular complexity index is 704. The smallest absolute Gasteiger partial charge is 0.311 e. The lowest BCUT2D eigenvalue weighted by molar-refractivity contribution is -0.385. The number of nitrogens with zero attached hydrogens (tertiary/aromatic N) is 3. The van der Waals surface area contributed by atoms with E-state index in [9.17, 15) is 10.1 Å². The molecule has 0 spiro atoms. The average Bonchev–Trinajstić information content (AvgIpc) is 2.43. The number of halogens is 1. The highest BCUT2D eigenvalue weighted by atomic mass is 35.5. The Kier molecular flexibility index (Phi) is 4.37. The molecule has 0 fully saturated rings. The van der Waals surface area contributed by atoms with Crippen molar-refractivity contribution in [2.75, 3.05) is 0 Å². The van der Waals surface area contributed by atoms with Gasteiger partial charge in [-0.05, 0) is 25.5 Å². The van der Waals surface area contributed by atoms with Gasteiger partial charge < -0.3 is 4.74 Å². The van der Waals surface area contributed by atoms with Crippen molar-refractivity contribution in [3.63, 3.8) is 0 Å². The summed E-state index contributed by atoms with van der Waals surface area (Å²) in [6.07, 6.45) is 0.590. The van der Waals surface area contributed by atoms with E-state index < -0.39 is 4.92 Å². The normalized spacial score (nSPS) is 10.5. The molecule has 21 heavy (non-hydrogen) atoms. The van der Waals surface area contributed by atoms with E-state index in [1.165, 1.54) is 6.07 Å². The molecule has 0 atom stereocenters. The van der Waals surface area contributed by atoms with Crippen molar-refractivity contribution < 1.29 is 9.66 Å². The molecule has 0 radical (unpaired) electrons. The first-order valence-corrected chi connectivity index (χ1v) is 6.76. The maximum Gasteiger partial charge on any atom is 0.311 e. The first kappa shape index (κ1) is 15.2. The Hall–Kier alpha value is -2.21. The van der Waals surface area contributed by atoms with Gasteiger partial charge in [0.05, 0.1) is 4.92 Å². The third-order valence-electron chi connectivity index (χ3n) is 2.92. The van der Waals surface area contributed by atoms with Gasteiger partial charge in [0, 0.05) is 18.1 Å². The minimum absolute atomic E-state index is 0.118. The maximum atomic E-state index is 11.1. The van der Waals surface area contributed by atoms with Crippen LogP contribution in [0.2, 0.25) is 5.15 Å². The van der Waals surface area contributed by atoms with E-state index >= 15 is 0 Å². The second-order valence-corrected chi connectivity index (χ2v) is 4.90. The lowest BCUT2D eigenvalue weighted by Gasteiger charge is -2.10. The van der Waals surface area contributed by atoms with Crippen LogP contribution in [0.5, 0.6) is 11.6 Å². The van der Waals surface area contributed by atoms with Gasteiger partial charge in [-0.25, -0.2) is 4.98 Å². The molecule has 0 saturated heterocycles. The third-order valence-corrected chi connectivity index (χ3v) is 3.29. The van der Waals surface area contributed by atoms with Gasteiger partial charge in [0.2, 0.25) is 11.6 Å². The summed E-state index contributed by atoms with van der Waals surface area (Å²) in [7, 11) is 0. The topological polar surface area (TPSA) is 78.2 Å². The van der Waals surface area contributed by atoms with Gasteiger partial charge >= 0.3 is 5.69 Å². The Morgan fingerprint density at radius 3 is 2.67 bits per heavy atom. The number of nitro benzene ring substituents is 1. The summed E-state index contributed by atoms with van der Waals surface area (Å²) >= 11 is 6.03. The molecule has 2 rings (SSSR count). The number of nitro groups is 1. The monoisotopic (exact) mass is 307 g/mol. The predicted octanol–water partition coefficient (Wildman–Crippen LogP) is 4.01. The van der Waals surface area contributed by atoms with E-state index in [0.717, 1.165) is 5.56 Å². The molecule has 6 nitrogen and oxygen atoms in total. The Balaban J connectivity index is 2.49. The minimum atomic E-state index is -0.492. The molecule has 0 saturated carbocycles. The highest BCUT2D eigenvalue weighted by Gasteiger charge is 2.18. The van der Waals surface area contributed by atoms with Crippen LogP contribution in [0.3, 0.4) is 0 Å². The number of benzene rings is 1. The average molecular weight is 308 g/mol. The first-order chi connectivity index (χ1) is 9.92. The molecule has 2 aromatic rings. The van der Waals surface area contributed by atoms with Crippen LogP contribution in [-0.4, -0.2) is 14.9 Å². The lowest BCUT2D eigenvalue weighted by Crippen LogP contribution is -2.01. The maximum absolute atomic E-state index is 11.1. The van der Waals surface area contributed by atoms with Crippen LogP contribution in [0.4, 0.5) is 5.69 Å². The van der Waals surface area contributed by atoms with Gasteiger partial charge in [-0.3, -0.25) is 10.1 Å². The fraction of sp³-hybridized carbons (Fsp3) is 0.286. The second-order valence-electron chi connectivity index (χ2n) is 4.54. The van der Waals surface area contributed by atoms with Crippen LogP contribution in [0.25, 0.3) is 0 Å². The van der Waals surface area contributed by atoms with Crippen molar-refractivity contribution in [1.29, 1.82) is 0 Å². The number of aryl methyl sites for hydroxylation is 2. The fourth-order valence-electron chi connectivity index (χ4n) is 1.73. The van der Waals surface area contributed by atoms with Gasteiger partial charge in [-0.15, -0.1) is 0 Å². The summed E-state index contributed by atoms with van der Waals surface area (Å²) in [5.41, 5.74) is 1.28. The van der Waals surface area contributed by atoms with Gasteiger partial charge in [-0.2, -0.15) is 4.98 Å². The molecule has 0 aliphatic rings. The van der Waals surface area contributed by atoms with Gasteiger partial charge in [-0.1, -0.05) is 24.6 Å². The van der Waals surface area contributed by atoms with Crippen LogP contribution in [0.15, 0.2) is 18.2 Å². The molecule has 0 bridgehead atoms. The summed E-state index contributed by atoms with van der Waals surface area (Å²) in [6.45, 7) is 5.42. The van der Waals surface area contributed by atoms with Crippen molar-refractivity contribution >= 4 is 17.3 Å². The Labute approximate surface area is 126 Å². The SMILES string of the molecule is CCc1nc(Cl)c(C)c(Oc2cc(C)ccc2[N+](=O)[O-])n1. The highest BCUT2D eigenvalue weighted by Crippen LogP contribution is 2.34. The summed E-state index contributed by atoms with van der Waals surface area (Å²) in [5, 5.41) is 11.3. The van der Waals surface area contributed by atoms with Crippen molar-refractivity contribution in [2.24, 2.45) is 0 Å². The zero-order valence-corrected chi connectivity index (χ0v) is 12.6. The van der Waals surface area contributed by atoms with Crippen LogP contribution >= 0.6 is 11.6 Å². The van der Waals surface area contributed by atoms with Crippen molar-refractivity contribution in [3.8, 4) is 11.6 Å². The zero-order valence-electron chi connectivity index (χ0n) is 11.9. The molecular weight excluding hydrogens is 294 g/mol. The first-order valence-electron chi connectivity index (χ1n) is 6.38. The van der Waals surface area contributed by atoms with Gasteiger partial charge in [0.25, 0.3) is 0 Å². The second kappa shape index (κ2) is 6.05. The molecule has 1 heterocycles. The molecule has 0 unspecified atom stereocenters. The van der Waals surface area contributed by atoms with Crippen LogP contribution in [0, 0.1) is 24.0 Å². The zero-order chi connectivity index (χ0) is 15.6. The molecule has 0 aliphatic heterocycles. The Morgan fingerprint density at radius 2 is 2.05 bits per heavy atom. The summed E-state index contributed by atoms with van der Waals surface area (Å²) in [5.74, 6) is 0.899. The largest absolute Gasteiger partial charge is 0.431 e. The van der Waals surface area contributed by atoms with Crippen LogP contribution < -0.4 is 4.74 Å². The molecular formula is C14H14ClN3O3. The van der Waals surface area contributed by atoms with E-state index in [1.807, 2.05) is 13.8 Å². The number of ether oxygens (including phenoxy) is 1. The van der Waals surface area contributed by atoms with Crippen molar-refractivity contribution in [2.45, 2.75) is 27.2 Å². The van der Waals surface area contributed by atoms with Crippen molar-refractivity contribution in [1.82, 2.24) is 9.97 Å². The van der Waals surface area contributed by atoms with E-state index in [2.05, 4.69) is 9.97 Å². The molecule has 110 valence electrons. The molecule has 7 heteroatoms. The quantitative estimate of drug-likeness (QED) is 0.484. The summed E-state index contributed by atoms with van der Waals surface area (Å²) in [4.78, 5) is 18.9. The molecule has 1 aromatic carbocycles. The van der Waals surface area contributed by atoms with Crippen LogP contribution in [0.1, 0.15) is 23.9 Å². The van der Waals surface area contributed by atoms with Gasteiger partial charge in [0.1, 0.15) is 11.0 Å². The standard InChI is InChI=1S/C14H14ClN3O3/c1-4-12-16-13(15)9(3)14(17-12)21-11-7-8(2)5-6-10(11)18(19)20/h5-7H,4H2,1-3H3. The molecule has 0 amide bonds. The molecule has 0 N–H and O–H groups in total. The number of hydrogen-bond donors (Lipinski definition) is 0. The Morgan fingerprint density at radius 1 is 1.33 bits per heavy atom. The van der Waals surface area contributed by atoms with E-state index in [0.29, 0.717) is 17.8 Å². The van der Waals surface area contributed by atoms with E-state index in [-0.39, 0.29) is 22.5 Å². The number of hydrogen-bond acceptors (Lipinski definition) is 5. The summed E-state index contributed by atoms with van der Waals surface area (Å²) < 4.78 is 5.63. The highest BCUT2D eigenvalue weighted by molar-refractivity contribution is 6.30. The van der Waals surface area contributed by atoms with E-state index in [4.69, 9.17) is 16.3 Å². The summed E-state index contributed by atoms with van der Waals surface area (Å²) in [6, 6.07) is 4.66. The number of aromatic nitrogens is 2.